The maximum atomic E-state index is 14.2. The Morgan fingerprint density at radius 1 is 1.00 bits per heavy atom. The summed E-state index contributed by atoms with van der Waals surface area (Å²) in [6, 6.07) is 0. The van der Waals surface area contributed by atoms with Crippen molar-refractivity contribution in [3.05, 3.63) is 16.0 Å². The monoisotopic (exact) mass is 566 g/mol. The molecule has 0 aromatic carbocycles. The van der Waals surface area contributed by atoms with Crippen LogP contribution in [-0.2, 0) is 17.6 Å². The van der Waals surface area contributed by atoms with Gasteiger partial charge in [-0.05, 0) is 30.7 Å². The van der Waals surface area contributed by atoms with Gasteiger partial charge in [0.25, 0.3) is 5.91 Å². The van der Waals surface area contributed by atoms with Crippen LogP contribution in [0.4, 0.5) is 57.7 Å². The summed E-state index contributed by atoms with van der Waals surface area (Å²) in [6.07, 6.45) is -3.26. The largest absolute Gasteiger partial charge is 0.393 e. The second kappa shape index (κ2) is 9.59. The number of thiophene rings is 1. The lowest BCUT2D eigenvalue weighted by molar-refractivity contribution is -0.406. The number of nitrogens with two attached hydrogens (primary N) is 1. The number of carbonyl (C=O) groups excluding carboxylic acids is 2. The Morgan fingerprint density at radius 2 is 1.56 bits per heavy atom. The Kier molecular flexibility index (Phi) is 8.00. The number of rotatable bonds is 10. The fourth-order valence-corrected chi connectivity index (χ4v) is 5.08. The zero-order valence-electron chi connectivity index (χ0n) is 18.0. The maximum absolute atomic E-state index is 14.2. The van der Waals surface area contributed by atoms with Gasteiger partial charge in [0.1, 0.15) is 5.00 Å². The number of anilines is 1. The van der Waals surface area contributed by atoms with Crippen molar-refractivity contribution in [2.24, 2.45) is 11.7 Å². The highest BCUT2D eigenvalue weighted by Crippen LogP contribution is 2.58. The Balaban J connectivity index is 2.46. The van der Waals surface area contributed by atoms with Crippen LogP contribution in [0, 0.1) is 5.92 Å². The molecular weight excluding hydrogens is 548 g/mol. The number of halogens is 12. The van der Waals surface area contributed by atoms with Gasteiger partial charge >= 0.3 is 41.9 Å². The van der Waals surface area contributed by atoms with Crippen molar-refractivity contribution in [3.63, 3.8) is 0 Å². The second-order valence-electron chi connectivity index (χ2n) is 8.15. The van der Waals surface area contributed by atoms with Crippen molar-refractivity contribution < 1.29 is 62.3 Å². The number of fused-ring (bicyclic) bond motifs is 1. The highest BCUT2D eigenvalue weighted by Gasteiger charge is 2.89. The summed E-state index contributed by atoms with van der Waals surface area (Å²) in [6.45, 7) is 1.86. The molecule has 0 spiro atoms. The van der Waals surface area contributed by atoms with E-state index < -0.39 is 58.4 Å². The predicted octanol–water partition coefficient (Wildman–Crippen LogP) is 6.13. The van der Waals surface area contributed by atoms with Gasteiger partial charge in [0.15, 0.2) is 0 Å². The minimum atomic E-state index is -7.84. The van der Waals surface area contributed by atoms with Crippen LogP contribution in [0.25, 0.3) is 0 Å². The number of alkyl halides is 12. The third kappa shape index (κ3) is 4.51. The molecule has 17 heteroatoms. The quantitative estimate of drug-likeness (QED) is 0.335. The predicted molar refractivity (Wildman–Crippen MR) is 103 cm³/mol. The molecule has 1 aromatic rings. The third-order valence-electron chi connectivity index (χ3n) is 5.70. The summed E-state index contributed by atoms with van der Waals surface area (Å²) in [5.74, 6) is -41.8. The lowest BCUT2D eigenvalue weighted by Gasteiger charge is -2.38. The molecule has 1 unspecified atom stereocenters. The van der Waals surface area contributed by atoms with E-state index in [0.29, 0.717) is 29.1 Å². The minimum Gasteiger partial charge on any atom is -0.365 e. The van der Waals surface area contributed by atoms with E-state index in [9.17, 15) is 62.3 Å². The van der Waals surface area contributed by atoms with Crippen LogP contribution in [0.3, 0.4) is 0 Å². The molecule has 0 aliphatic heterocycles. The molecule has 1 heterocycles. The Labute approximate surface area is 199 Å². The first-order chi connectivity index (χ1) is 16.2. The van der Waals surface area contributed by atoms with Crippen LogP contribution in [-0.4, -0.2) is 47.9 Å². The first-order valence-corrected chi connectivity index (χ1v) is 10.9. The van der Waals surface area contributed by atoms with Gasteiger partial charge in [0.2, 0.25) is 0 Å². The first kappa shape index (κ1) is 30.0. The minimum absolute atomic E-state index is 0.0635. The van der Waals surface area contributed by atoms with Crippen molar-refractivity contribution in [2.75, 3.05) is 5.32 Å². The summed E-state index contributed by atoms with van der Waals surface area (Å²) < 4.78 is 161. The topological polar surface area (TPSA) is 72.2 Å². The molecule has 1 aliphatic rings. The number of primary amides is 1. The fraction of sp³-hybridized carbons (Fsp3) is 0.684. The van der Waals surface area contributed by atoms with Crippen molar-refractivity contribution in [3.8, 4) is 0 Å². The normalized spacial score (nSPS) is 17.8. The van der Waals surface area contributed by atoms with Gasteiger partial charge < -0.3 is 11.1 Å². The Morgan fingerprint density at radius 3 is 2.03 bits per heavy atom. The number of hydrogen-bond acceptors (Lipinski definition) is 3. The van der Waals surface area contributed by atoms with E-state index in [1.165, 1.54) is 0 Å². The Hall–Kier alpha value is -2.20. The van der Waals surface area contributed by atoms with Gasteiger partial charge in [0, 0.05) is 4.88 Å². The van der Waals surface area contributed by atoms with Gasteiger partial charge in [-0.15, -0.1) is 11.3 Å². The van der Waals surface area contributed by atoms with E-state index in [-0.39, 0.29) is 24.3 Å². The van der Waals surface area contributed by atoms with Gasteiger partial charge in [0.05, 0.1) is 5.56 Å². The van der Waals surface area contributed by atoms with E-state index >= 15 is 0 Å². The molecule has 206 valence electrons. The molecule has 3 N–H and O–H groups in total. The highest BCUT2D eigenvalue weighted by molar-refractivity contribution is 7.17. The zero-order valence-corrected chi connectivity index (χ0v) is 18.8. The van der Waals surface area contributed by atoms with E-state index in [4.69, 9.17) is 5.73 Å². The van der Waals surface area contributed by atoms with Crippen molar-refractivity contribution in [1.82, 2.24) is 0 Å². The average Bonchev–Trinajstić information content (AvgIpc) is 3.10. The molecule has 0 fully saturated rings. The standard InChI is InChI=1S/C19H18F12N2O2S/c1-2-3-7-4-5-8-9(6-7)36-12(10(8)11(32)34)33-14(35)16(24,25)18(28,29)19(30,31)17(26,27)15(22,23)13(20)21/h7,13H,2-6H2,1H3,(H2,32,34)(H,33,35). The summed E-state index contributed by atoms with van der Waals surface area (Å²) in [5, 5.41) is 0.185. The molecule has 1 atom stereocenters. The van der Waals surface area contributed by atoms with E-state index in [0.717, 1.165) is 11.7 Å². The number of nitrogens with one attached hydrogen (secondary N) is 1. The Bertz CT molecular complexity index is 1010. The van der Waals surface area contributed by atoms with Crippen LogP contribution in [0.5, 0.6) is 0 Å². The average molecular weight is 566 g/mol. The molecule has 0 bridgehead atoms. The lowest BCUT2D eigenvalue weighted by Crippen LogP contribution is -2.70. The highest BCUT2D eigenvalue weighted by atomic mass is 32.1. The maximum Gasteiger partial charge on any atom is 0.393 e. The van der Waals surface area contributed by atoms with E-state index in [1.54, 1.807) is 0 Å². The summed E-state index contributed by atoms with van der Waals surface area (Å²) >= 11 is 0.430. The lowest BCUT2D eigenvalue weighted by atomic mass is 9.84. The molecular formula is C19H18F12N2O2S. The number of carbonyl (C=O) groups is 2. The van der Waals surface area contributed by atoms with E-state index in [2.05, 4.69) is 0 Å². The number of hydrogen-bond donors (Lipinski definition) is 2. The SMILES string of the molecule is CCCC1CCc2c(sc(NC(=O)C(F)(F)C(F)(F)C(F)(F)C(F)(F)C(F)(F)C(F)F)c2C(N)=O)C1. The summed E-state index contributed by atoms with van der Waals surface area (Å²) in [7, 11) is 0. The zero-order chi connectivity index (χ0) is 28.1. The van der Waals surface area contributed by atoms with Gasteiger partial charge in [-0.2, -0.15) is 43.9 Å². The summed E-state index contributed by atoms with van der Waals surface area (Å²) in [4.78, 5) is 24.1. The molecule has 0 saturated carbocycles. The van der Waals surface area contributed by atoms with Crippen LogP contribution < -0.4 is 11.1 Å². The molecule has 2 amide bonds. The molecule has 1 aliphatic carbocycles. The van der Waals surface area contributed by atoms with Crippen molar-refractivity contribution in [1.29, 1.82) is 0 Å². The first-order valence-electron chi connectivity index (χ1n) is 10.1. The van der Waals surface area contributed by atoms with Crippen molar-refractivity contribution in [2.45, 2.75) is 75.1 Å². The third-order valence-corrected chi connectivity index (χ3v) is 6.87. The van der Waals surface area contributed by atoms with Gasteiger partial charge in [-0.3, -0.25) is 9.59 Å². The van der Waals surface area contributed by atoms with Crippen LogP contribution >= 0.6 is 11.3 Å². The summed E-state index contributed by atoms with van der Waals surface area (Å²) in [5.41, 5.74) is 4.74. The number of amides is 2. The molecule has 1 aromatic heterocycles. The molecule has 0 saturated heterocycles. The molecule has 2 rings (SSSR count). The fourth-order valence-electron chi connectivity index (χ4n) is 3.72. The smallest absolute Gasteiger partial charge is 0.365 e. The second-order valence-corrected chi connectivity index (χ2v) is 9.25. The van der Waals surface area contributed by atoms with Crippen LogP contribution in [0.15, 0.2) is 0 Å². The van der Waals surface area contributed by atoms with Crippen molar-refractivity contribution >= 4 is 28.2 Å². The molecule has 36 heavy (non-hydrogen) atoms. The van der Waals surface area contributed by atoms with Gasteiger partial charge in [-0.25, -0.2) is 8.78 Å². The molecule has 4 nitrogen and oxygen atoms in total. The van der Waals surface area contributed by atoms with Crippen LogP contribution in [0.1, 0.15) is 47.0 Å². The molecule has 0 radical (unpaired) electrons. The van der Waals surface area contributed by atoms with E-state index in [1.807, 2.05) is 6.92 Å². The van der Waals surface area contributed by atoms with Gasteiger partial charge in [-0.1, -0.05) is 19.8 Å². The van der Waals surface area contributed by atoms with Crippen LogP contribution in [0.2, 0.25) is 0 Å².